The van der Waals surface area contributed by atoms with E-state index < -0.39 is 0 Å². The summed E-state index contributed by atoms with van der Waals surface area (Å²) in [4.78, 5) is 1.51. The molecule has 1 aromatic rings. The van der Waals surface area contributed by atoms with Crippen LogP contribution in [0.4, 0.5) is 0 Å². The lowest BCUT2D eigenvalue weighted by Gasteiger charge is -2.21. The average molecular weight is 292 g/mol. The third-order valence-corrected chi connectivity index (χ3v) is 4.31. The summed E-state index contributed by atoms with van der Waals surface area (Å²) in [5.41, 5.74) is 2.61. The fourth-order valence-electron chi connectivity index (χ4n) is 2.94. The summed E-state index contributed by atoms with van der Waals surface area (Å²) in [5, 5.41) is 10.1. The molecule has 118 valence electrons. The molecule has 1 heterocycles. The molecule has 21 heavy (non-hydrogen) atoms. The third kappa shape index (κ3) is 4.72. The van der Waals surface area contributed by atoms with Crippen molar-refractivity contribution in [2.75, 3.05) is 26.2 Å². The first-order chi connectivity index (χ1) is 9.86. The van der Waals surface area contributed by atoms with E-state index in [2.05, 4.69) is 39.8 Å². The lowest BCUT2D eigenvalue weighted by molar-refractivity contribution is -0.890. The first-order valence-electron chi connectivity index (χ1n) is 8.12. The molecule has 1 atom stereocenters. The number of hydrogen-bond donors (Lipinski definition) is 2. The molecule has 3 nitrogen and oxygen atoms in total. The molecule has 1 aromatic carbocycles. The lowest BCUT2D eigenvalue weighted by Crippen LogP contribution is -3.11. The monoisotopic (exact) mass is 292 g/mol. The second-order valence-electron chi connectivity index (χ2n) is 7.36. The number of quaternary nitrogens is 1. The quantitative estimate of drug-likeness (QED) is 0.866. The minimum atomic E-state index is -0.375. The summed E-state index contributed by atoms with van der Waals surface area (Å²) in [6.07, 6.45) is 2.20. The predicted octanol–water partition coefficient (Wildman–Crippen LogP) is 1.71. The van der Waals surface area contributed by atoms with Crippen LogP contribution in [0.25, 0.3) is 0 Å². The zero-order chi connectivity index (χ0) is 15.5. The summed E-state index contributed by atoms with van der Waals surface area (Å²) in [6.45, 7) is 12.3. The van der Waals surface area contributed by atoms with Crippen LogP contribution in [-0.4, -0.2) is 37.5 Å². The molecule has 0 aliphatic carbocycles. The largest absolute Gasteiger partial charge is 0.490 e. The van der Waals surface area contributed by atoms with Crippen molar-refractivity contribution in [1.82, 2.24) is 0 Å². The Kier molecular flexibility index (Phi) is 5.28. The molecule has 0 saturated carbocycles. The molecule has 2 rings (SSSR count). The van der Waals surface area contributed by atoms with Crippen LogP contribution in [0.15, 0.2) is 18.2 Å². The van der Waals surface area contributed by atoms with Crippen molar-refractivity contribution in [1.29, 1.82) is 0 Å². The van der Waals surface area contributed by atoms with Gasteiger partial charge in [-0.05, 0) is 29.5 Å². The number of aliphatic hydroxyl groups is 1. The van der Waals surface area contributed by atoms with Crippen LogP contribution in [0, 0.1) is 6.92 Å². The fraction of sp³-hybridized carbons (Fsp3) is 0.667. The summed E-state index contributed by atoms with van der Waals surface area (Å²) in [5.74, 6) is 0.887. The van der Waals surface area contributed by atoms with Gasteiger partial charge in [0.1, 0.15) is 25.0 Å². The Hall–Kier alpha value is -1.06. The molecule has 1 aliphatic heterocycles. The first-order valence-corrected chi connectivity index (χ1v) is 8.12. The van der Waals surface area contributed by atoms with Crippen molar-refractivity contribution in [2.45, 2.75) is 52.1 Å². The maximum atomic E-state index is 10.1. The Morgan fingerprint density at radius 2 is 1.90 bits per heavy atom. The SMILES string of the molecule is Cc1cc(C(C)(C)C)ccc1OC[C@@H](O)C[NH+]1CCCC1. The smallest absolute Gasteiger partial charge is 0.137 e. The van der Waals surface area contributed by atoms with Crippen molar-refractivity contribution in [3.63, 3.8) is 0 Å². The Balaban J connectivity index is 1.87. The highest BCUT2D eigenvalue weighted by Crippen LogP contribution is 2.27. The Morgan fingerprint density at radius 1 is 1.24 bits per heavy atom. The van der Waals surface area contributed by atoms with E-state index >= 15 is 0 Å². The van der Waals surface area contributed by atoms with Crippen molar-refractivity contribution >= 4 is 0 Å². The van der Waals surface area contributed by atoms with Crippen molar-refractivity contribution < 1.29 is 14.7 Å². The van der Waals surface area contributed by atoms with Gasteiger partial charge in [-0.15, -0.1) is 0 Å². The molecule has 0 amide bonds. The van der Waals surface area contributed by atoms with Gasteiger partial charge in [-0.2, -0.15) is 0 Å². The standard InChI is InChI=1S/C18H29NO2/c1-14-11-15(18(2,3)4)7-8-17(14)21-13-16(20)12-19-9-5-6-10-19/h7-8,11,16,20H,5-6,9-10,12-13H2,1-4H3/p+1/t16-/m0/s1. The van der Waals surface area contributed by atoms with Crippen LogP contribution in [-0.2, 0) is 5.41 Å². The van der Waals surface area contributed by atoms with Crippen LogP contribution < -0.4 is 9.64 Å². The van der Waals surface area contributed by atoms with Gasteiger partial charge in [-0.1, -0.05) is 32.9 Å². The number of aryl methyl sites for hydroxylation is 1. The van der Waals surface area contributed by atoms with Gasteiger partial charge in [0.05, 0.1) is 13.1 Å². The zero-order valence-electron chi connectivity index (χ0n) is 13.9. The number of hydrogen-bond acceptors (Lipinski definition) is 2. The van der Waals surface area contributed by atoms with Crippen LogP contribution in [0.3, 0.4) is 0 Å². The van der Waals surface area contributed by atoms with E-state index in [-0.39, 0.29) is 11.5 Å². The number of ether oxygens (including phenoxy) is 1. The Bertz CT molecular complexity index is 459. The summed E-state index contributed by atoms with van der Waals surface area (Å²) < 4.78 is 5.81. The van der Waals surface area contributed by atoms with E-state index in [0.29, 0.717) is 6.61 Å². The van der Waals surface area contributed by atoms with E-state index in [4.69, 9.17) is 4.74 Å². The van der Waals surface area contributed by atoms with E-state index in [0.717, 1.165) is 17.9 Å². The number of benzene rings is 1. The highest BCUT2D eigenvalue weighted by molar-refractivity contribution is 5.38. The van der Waals surface area contributed by atoms with Crippen molar-refractivity contribution in [3.8, 4) is 5.75 Å². The van der Waals surface area contributed by atoms with Crippen LogP contribution in [0.1, 0.15) is 44.7 Å². The second-order valence-corrected chi connectivity index (χ2v) is 7.36. The number of rotatable bonds is 5. The van der Waals surface area contributed by atoms with Gasteiger partial charge in [0.15, 0.2) is 0 Å². The van der Waals surface area contributed by atoms with E-state index in [9.17, 15) is 5.11 Å². The van der Waals surface area contributed by atoms with Crippen LogP contribution in [0.2, 0.25) is 0 Å². The molecule has 0 bridgehead atoms. The number of nitrogens with one attached hydrogen (secondary N) is 1. The molecule has 1 saturated heterocycles. The third-order valence-electron chi connectivity index (χ3n) is 4.31. The van der Waals surface area contributed by atoms with E-state index in [1.165, 1.54) is 36.4 Å². The maximum Gasteiger partial charge on any atom is 0.137 e. The van der Waals surface area contributed by atoms with Gasteiger partial charge in [0, 0.05) is 12.8 Å². The van der Waals surface area contributed by atoms with Gasteiger partial charge in [-0.3, -0.25) is 0 Å². The molecular weight excluding hydrogens is 262 g/mol. The van der Waals surface area contributed by atoms with Gasteiger partial charge in [0.25, 0.3) is 0 Å². The highest BCUT2D eigenvalue weighted by atomic mass is 16.5. The molecule has 0 spiro atoms. The lowest BCUT2D eigenvalue weighted by atomic mass is 9.86. The average Bonchev–Trinajstić information content (AvgIpc) is 2.89. The molecule has 1 fully saturated rings. The Labute approximate surface area is 128 Å². The number of likely N-dealkylation sites (tertiary alicyclic amines) is 1. The number of aliphatic hydroxyl groups excluding tert-OH is 1. The molecular formula is C18H30NO2+. The molecule has 0 aromatic heterocycles. The zero-order valence-corrected chi connectivity index (χ0v) is 13.9. The minimum Gasteiger partial charge on any atom is -0.490 e. The Morgan fingerprint density at radius 3 is 2.48 bits per heavy atom. The maximum absolute atomic E-state index is 10.1. The van der Waals surface area contributed by atoms with E-state index in [1.807, 2.05) is 6.07 Å². The molecule has 0 radical (unpaired) electrons. The summed E-state index contributed by atoms with van der Waals surface area (Å²) in [7, 11) is 0. The summed E-state index contributed by atoms with van der Waals surface area (Å²) >= 11 is 0. The van der Waals surface area contributed by atoms with Crippen molar-refractivity contribution in [3.05, 3.63) is 29.3 Å². The molecule has 3 heteroatoms. The second kappa shape index (κ2) is 6.80. The highest BCUT2D eigenvalue weighted by Gasteiger charge is 2.20. The van der Waals surface area contributed by atoms with Gasteiger partial charge in [-0.25, -0.2) is 0 Å². The van der Waals surface area contributed by atoms with Gasteiger partial charge in [0.2, 0.25) is 0 Å². The summed E-state index contributed by atoms with van der Waals surface area (Å²) in [6, 6.07) is 6.35. The molecule has 0 unspecified atom stereocenters. The fourth-order valence-corrected chi connectivity index (χ4v) is 2.94. The van der Waals surface area contributed by atoms with Gasteiger partial charge < -0.3 is 14.7 Å². The minimum absolute atomic E-state index is 0.155. The predicted molar refractivity (Wildman–Crippen MR) is 86.2 cm³/mol. The first kappa shape index (κ1) is 16.3. The molecule has 2 N–H and O–H groups in total. The van der Waals surface area contributed by atoms with Crippen LogP contribution in [0.5, 0.6) is 5.75 Å². The van der Waals surface area contributed by atoms with E-state index in [1.54, 1.807) is 0 Å². The molecule has 1 aliphatic rings. The topological polar surface area (TPSA) is 33.9 Å². The van der Waals surface area contributed by atoms with Crippen molar-refractivity contribution in [2.24, 2.45) is 0 Å². The van der Waals surface area contributed by atoms with Crippen LogP contribution >= 0.6 is 0 Å². The normalized spacial score (nSPS) is 18.0. The van der Waals surface area contributed by atoms with Gasteiger partial charge >= 0.3 is 0 Å².